The van der Waals surface area contributed by atoms with E-state index in [1.165, 1.54) is 24.3 Å². The first-order chi connectivity index (χ1) is 13.4. The Hall–Kier alpha value is -2.22. The van der Waals surface area contributed by atoms with Crippen LogP contribution in [-0.4, -0.2) is 30.9 Å². The van der Waals surface area contributed by atoms with Gasteiger partial charge in [0.25, 0.3) is 5.91 Å². The van der Waals surface area contributed by atoms with E-state index in [1.807, 2.05) is 44.2 Å². The van der Waals surface area contributed by atoms with Crippen LogP contribution in [0, 0.1) is 0 Å². The number of nitrogens with zero attached hydrogens (tertiary/aromatic N) is 2. The van der Waals surface area contributed by atoms with Gasteiger partial charge in [-0.25, -0.2) is 13.8 Å². The Balaban J connectivity index is 2.27. The maximum Gasteiger partial charge on any atom is 0.255 e. The second kappa shape index (κ2) is 10.4. The van der Waals surface area contributed by atoms with Gasteiger partial charge in [0.2, 0.25) is 10.0 Å². The maximum absolute atomic E-state index is 13.1. The van der Waals surface area contributed by atoms with Gasteiger partial charge in [0.1, 0.15) is 0 Å². The highest BCUT2D eigenvalue weighted by molar-refractivity contribution is 7.89. The summed E-state index contributed by atoms with van der Waals surface area (Å²) in [6, 6.07) is 15.0. The summed E-state index contributed by atoms with van der Waals surface area (Å²) in [5, 5.41) is 4.50. The van der Waals surface area contributed by atoms with Crippen LogP contribution >= 0.6 is 11.6 Å². The lowest BCUT2D eigenvalue weighted by Gasteiger charge is -2.21. The van der Waals surface area contributed by atoms with E-state index in [4.69, 9.17) is 11.6 Å². The zero-order valence-corrected chi connectivity index (χ0v) is 17.5. The van der Waals surface area contributed by atoms with Crippen LogP contribution < -0.4 is 5.43 Å². The van der Waals surface area contributed by atoms with Crippen molar-refractivity contribution in [2.45, 2.75) is 38.1 Å². The molecule has 0 aromatic heterocycles. The summed E-state index contributed by atoms with van der Waals surface area (Å²) in [4.78, 5) is 12.4. The number of halogens is 1. The van der Waals surface area contributed by atoms with Gasteiger partial charge in [0, 0.05) is 17.3 Å². The monoisotopic (exact) mass is 421 g/mol. The molecule has 0 bridgehead atoms. The van der Waals surface area contributed by atoms with Crippen LogP contribution in [0.25, 0.3) is 0 Å². The topological polar surface area (TPSA) is 78.8 Å². The van der Waals surface area contributed by atoms with Crippen LogP contribution in [0.3, 0.4) is 0 Å². The molecule has 2 aromatic rings. The minimum Gasteiger partial charge on any atom is -0.272 e. The highest BCUT2D eigenvalue weighted by atomic mass is 35.5. The summed E-state index contributed by atoms with van der Waals surface area (Å²) in [5.74, 6) is -0.493. The van der Waals surface area contributed by atoms with E-state index >= 15 is 0 Å². The summed E-state index contributed by atoms with van der Waals surface area (Å²) in [5.41, 5.74) is 4.07. The number of benzene rings is 2. The van der Waals surface area contributed by atoms with Crippen LogP contribution in [0.5, 0.6) is 0 Å². The van der Waals surface area contributed by atoms with Gasteiger partial charge in [-0.3, -0.25) is 4.79 Å². The minimum atomic E-state index is -3.90. The van der Waals surface area contributed by atoms with Crippen molar-refractivity contribution in [3.63, 3.8) is 0 Å². The molecule has 0 aliphatic carbocycles. The summed E-state index contributed by atoms with van der Waals surface area (Å²) in [6.45, 7) is 3.61. The molecule has 6 nitrogen and oxygen atoms in total. The molecule has 150 valence electrons. The molecule has 0 saturated carbocycles. The Morgan fingerprint density at radius 1 is 1.04 bits per heavy atom. The third kappa shape index (κ3) is 6.15. The van der Waals surface area contributed by atoms with Crippen LogP contribution in [0.1, 0.15) is 32.3 Å². The first-order valence-corrected chi connectivity index (χ1v) is 10.8. The quantitative estimate of drug-likeness (QED) is 0.493. The fourth-order valence-electron chi connectivity index (χ4n) is 2.51. The molecular formula is C20H24ClN3O3S. The molecule has 0 aliphatic rings. The Labute approximate surface area is 171 Å². The second-order valence-corrected chi connectivity index (χ2v) is 8.51. The molecule has 8 heteroatoms. The van der Waals surface area contributed by atoms with Crippen molar-refractivity contribution in [1.29, 1.82) is 0 Å². The van der Waals surface area contributed by atoms with Crippen LogP contribution in [0.2, 0.25) is 5.02 Å². The molecule has 28 heavy (non-hydrogen) atoms. The molecule has 0 heterocycles. The minimum absolute atomic E-state index is 0.0668. The number of nitrogens with one attached hydrogen (secondary N) is 1. The van der Waals surface area contributed by atoms with Gasteiger partial charge in [-0.15, -0.1) is 0 Å². The van der Waals surface area contributed by atoms with E-state index in [0.717, 1.165) is 15.6 Å². The predicted molar refractivity (Wildman–Crippen MR) is 112 cm³/mol. The molecule has 0 saturated heterocycles. The Kier molecular flexibility index (Phi) is 8.17. The van der Waals surface area contributed by atoms with Gasteiger partial charge in [0.15, 0.2) is 0 Å². The Morgan fingerprint density at radius 3 is 2.21 bits per heavy atom. The van der Waals surface area contributed by atoms with E-state index in [9.17, 15) is 13.2 Å². The van der Waals surface area contributed by atoms with Crippen molar-refractivity contribution in [3.05, 3.63) is 65.2 Å². The Morgan fingerprint density at radius 2 is 1.64 bits per heavy atom. The first-order valence-electron chi connectivity index (χ1n) is 9.00. The molecule has 2 rings (SSSR count). The van der Waals surface area contributed by atoms with Crippen LogP contribution in [-0.2, 0) is 21.4 Å². The SMILES string of the molecule is CCC(CC)=NNC(=O)CN(Cc1ccccc1)S(=O)(=O)c1ccc(Cl)cc1. The lowest BCUT2D eigenvalue weighted by Crippen LogP contribution is -2.39. The molecule has 0 atom stereocenters. The number of hydrogen-bond donors (Lipinski definition) is 1. The summed E-state index contributed by atoms with van der Waals surface area (Å²) >= 11 is 5.87. The van der Waals surface area contributed by atoms with E-state index in [-0.39, 0.29) is 18.0 Å². The molecular weight excluding hydrogens is 398 g/mol. The van der Waals surface area contributed by atoms with Gasteiger partial charge in [-0.05, 0) is 42.7 Å². The molecule has 1 N–H and O–H groups in total. The molecule has 0 radical (unpaired) electrons. The van der Waals surface area contributed by atoms with Gasteiger partial charge < -0.3 is 0 Å². The summed E-state index contributed by atoms with van der Waals surface area (Å²) < 4.78 is 27.3. The second-order valence-electron chi connectivity index (χ2n) is 6.13. The van der Waals surface area contributed by atoms with Gasteiger partial charge in [-0.2, -0.15) is 9.41 Å². The number of sulfonamides is 1. The van der Waals surface area contributed by atoms with Gasteiger partial charge in [0.05, 0.1) is 11.4 Å². The average molecular weight is 422 g/mol. The molecule has 0 spiro atoms. The fraction of sp³-hybridized carbons (Fsp3) is 0.300. The highest BCUT2D eigenvalue weighted by Gasteiger charge is 2.27. The fourth-order valence-corrected chi connectivity index (χ4v) is 4.02. The van der Waals surface area contributed by atoms with E-state index in [1.54, 1.807) is 0 Å². The average Bonchev–Trinajstić information content (AvgIpc) is 2.69. The third-order valence-electron chi connectivity index (χ3n) is 4.13. The van der Waals surface area contributed by atoms with Crippen molar-refractivity contribution in [2.24, 2.45) is 5.10 Å². The van der Waals surface area contributed by atoms with Crippen LogP contribution in [0.15, 0.2) is 64.6 Å². The number of hydrogen-bond acceptors (Lipinski definition) is 4. The van der Waals surface area contributed by atoms with Gasteiger partial charge >= 0.3 is 0 Å². The van der Waals surface area contributed by atoms with Crippen molar-refractivity contribution in [3.8, 4) is 0 Å². The third-order valence-corrected chi connectivity index (χ3v) is 6.19. The largest absolute Gasteiger partial charge is 0.272 e. The summed E-state index contributed by atoms with van der Waals surface area (Å²) in [7, 11) is -3.90. The van der Waals surface area contributed by atoms with Crippen LogP contribution in [0.4, 0.5) is 0 Å². The summed E-state index contributed by atoms with van der Waals surface area (Å²) in [6.07, 6.45) is 1.43. The highest BCUT2D eigenvalue weighted by Crippen LogP contribution is 2.20. The van der Waals surface area contributed by atoms with Gasteiger partial charge in [-0.1, -0.05) is 55.8 Å². The predicted octanol–water partition coefficient (Wildman–Crippen LogP) is 3.82. The van der Waals surface area contributed by atoms with Crippen molar-refractivity contribution in [2.75, 3.05) is 6.54 Å². The lowest BCUT2D eigenvalue weighted by atomic mass is 10.2. The maximum atomic E-state index is 13.1. The molecule has 2 aromatic carbocycles. The van der Waals surface area contributed by atoms with Crippen molar-refractivity contribution in [1.82, 2.24) is 9.73 Å². The van der Waals surface area contributed by atoms with Crippen molar-refractivity contribution >= 4 is 33.2 Å². The van der Waals surface area contributed by atoms with E-state index in [2.05, 4.69) is 10.5 Å². The molecule has 0 unspecified atom stereocenters. The molecule has 0 aliphatic heterocycles. The van der Waals surface area contributed by atoms with Crippen molar-refractivity contribution < 1.29 is 13.2 Å². The first kappa shape index (κ1) is 22.1. The number of amides is 1. The number of carbonyl (C=O) groups excluding carboxylic acids is 1. The van der Waals surface area contributed by atoms with E-state index in [0.29, 0.717) is 17.9 Å². The van der Waals surface area contributed by atoms with E-state index < -0.39 is 15.9 Å². The normalized spacial score (nSPS) is 11.3. The standard InChI is InChI=1S/C20H24ClN3O3S/c1-3-18(4-2)22-23-20(25)15-24(14-16-8-6-5-7-9-16)28(26,27)19-12-10-17(21)11-13-19/h5-13H,3-4,14-15H2,1-2H3,(H,23,25). The number of hydrazone groups is 1. The zero-order valence-electron chi connectivity index (χ0n) is 15.9. The lowest BCUT2D eigenvalue weighted by molar-refractivity contribution is -0.121. The number of carbonyl (C=O) groups is 1. The molecule has 0 fully saturated rings. The smallest absolute Gasteiger partial charge is 0.255 e. The molecule has 1 amide bonds. The zero-order chi connectivity index (χ0) is 20.6. The Bertz CT molecular complexity index is 907. The number of rotatable bonds is 9.